The van der Waals surface area contributed by atoms with Crippen LogP contribution in [-0.4, -0.2) is 25.2 Å². The van der Waals surface area contributed by atoms with E-state index in [4.69, 9.17) is 4.74 Å². The summed E-state index contributed by atoms with van der Waals surface area (Å²) < 4.78 is 5.21. The summed E-state index contributed by atoms with van der Waals surface area (Å²) in [5.41, 5.74) is 1.02. The zero-order valence-corrected chi connectivity index (χ0v) is 10.3. The highest BCUT2D eigenvalue weighted by atomic mass is 16.5. The summed E-state index contributed by atoms with van der Waals surface area (Å²) in [4.78, 5) is 11.7. The van der Waals surface area contributed by atoms with Crippen LogP contribution in [0.5, 0.6) is 0 Å². The zero-order chi connectivity index (χ0) is 12.4. The van der Waals surface area contributed by atoms with Gasteiger partial charge in [0.1, 0.15) is 6.61 Å². The van der Waals surface area contributed by atoms with Crippen molar-refractivity contribution in [3.05, 3.63) is 35.9 Å². The SMILES string of the molecule is O=C(N[C@H]1[C@@H]2CNCC[C@@H]21)OCc1ccccc1. The highest BCUT2D eigenvalue weighted by Gasteiger charge is 2.51. The van der Waals surface area contributed by atoms with Crippen LogP contribution >= 0.6 is 0 Å². The fourth-order valence-electron chi connectivity index (χ4n) is 2.77. The first-order valence-corrected chi connectivity index (χ1v) is 6.52. The number of fused-ring (bicyclic) bond motifs is 1. The maximum absolute atomic E-state index is 11.7. The molecule has 0 aromatic heterocycles. The van der Waals surface area contributed by atoms with Gasteiger partial charge in [-0.1, -0.05) is 30.3 Å². The van der Waals surface area contributed by atoms with Crippen molar-refractivity contribution in [2.24, 2.45) is 11.8 Å². The quantitative estimate of drug-likeness (QED) is 0.850. The third-order valence-corrected chi connectivity index (χ3v) is 3.86. The molecule has 4 heteroatoms. The van der Waals surface area contributed by atoms with Gasteiger partial charge in [-0.3, -0.25) is 0 Å². The summed E-state index contributed by atoms with van der Waals surface area (Å²) in [5.74, 6) is 1.28. The van der Waals surface area contributed by atoms with E-state index < -0.39 is 0 Å². The van der Waals surface area contributed by atoms with Gasteiger partial charge in [-0.25, -0.2) is 4.79 Å². The van der Waals surface area contributed by atoms with E-state index in [0.717, 1.165) is 25.1 Å². The van der Waals surface area contributed by atoms with E-state index in [0.29, 0.717) is 24.5 Å². The van der Waals surface area contributed by atoms with Gasteiger partial charge in [0.2, 0.25) is 0 Å². The Hall–Kier alpha value is -1.55. The first-order chi connectivity index (χ1) is 8.84. The predicted octanol–water partition coefficient (Wildman–Crippen LogP) is 1.52. The number of benzene rings is 1. The molecule has 1 aliphatic carbocycles. The second-order valence-corrected chi connectivity index (χ2v) is 5.05. The predicted molar refractivity (Wildman–Crippen MR) is 68.0 cm³/mol. The topological polar surface area (TPSA) is 50.4 Å². The van der Waals surface area contributed by atoms with Crippen LogP contribution in [0.3, 0.4) is 0 Å². The molecule has 0 unspecified atom stereocenters. The first kappa shape index (κ1) is 11.5. The van der Waals surface area contributed by atoms with E-state index in [9.17, 15) is 4.79 Å². The number of hydrogen-bond acceptors (Lipinski definition) is 3. The van der Waals surface area contributed by atoms with Crippen molar-refractivity contribution >= 4 is 6.09 Å². The Kier molecular flexibility index (Phi) is 3.19. The third-order valence-electron chi connectivity index (χ3n) is 3.86. The maximum atomic E-state index is 11.7. The lowest BCUT2D eigenvalue weighted by Crippen LogP contribution is -2.29. The second-order valence-electron chi connectivity index (χ2n) is 5.05. The standard InChI is InChI=1S/C14H18N2O2/c17-14(18-9-10-4-2-1-3-5-10)16-13-11-6-7-15-8-12(11)13/h1-5,11-13,15H,6-9H2,(H,16,17)/t11-,12+,13+/m0/s1. The minimum Gasteiger partial charge on any atom is -0.445 e. The summed E-state index contributed by atoms with van der Waals surface area (Å²) in [6.45, 7) is 2.43. The number of amides is 1. The Bertz CT molecular complexity index is 409. The Labute approximate surface area is 107 Å². The Morgan fingerprint density at radius 1 is 1.33 bits per heavy atom. The van der Waals surface area contributed by atoms with Gasteiger partial charge >= 0.3 is 6.09 Å². The Morgan fingerprint density at radius 3 is 2.89 bits per heavy atom. The molecule has 1 saturated heterocycles. The molecule has 1 aliphatic heterocycles. The summed E-state index contributed by atoms with van der Waals surface area (Å²) in [7, 11) is 0. The zero-order valence-electron chi connectivity index (χ0n) is 10.3. The molecule has 3 atom stereocenters. The molecule has 18 heavy (non-hydrogen) atoms. The van der Waals surface area contributed by atoms with Crippen LogP contribution in [-0.2, 0) is 11.3 Å². The van der Waals surface area contributed by atoms with Crippen molar-refractivity contribution in [1.82, 2.24) is 10.6 Å². The molecule has 1 aromatic rings. The first-order valence-electron chi connectivity index (χ1n) is 6.52. The molecule has 2 N–H and O–H groups in total. The number of carbonyl (C=O) groups excluding carboxylic acids is 1. The average molecular weight is 246 g/mol. The highest BCUT2D eigenvalue weighted by molar-refractivity contribution is 5.68. The summed E-state index contributed by atoms with van der Waals surface area (Å²) in [6, 6.07) is 10.1. The van der Waals surface area contributed by atoms with Crippen molar-refractivity contribution in [2.75, 3.05) is 13.1 Å². The monoisotopic (exact) mass is 246 g/mol. The molecule has 4 nitrogen and oxygen atoms in total. The van der Waals surface area contributed by atoms with E-state index in [-0.39, 0.29) is 6.09 Å². The van der Waals surface area contributed by atoms with Gasteiger partial charge in [-0.05, 0) is 30.4 Å². The van der Waals surface area contributed by atoms with Gasteiger partial charge in [0, 0.05) is 12.6 Å². The maximum Gasteiger partial charge on any atom is 0.407 e. The fraction of sp³-hybridized carbons (Fsp3) is 0.500. The molecular weight excluding hydrogens is 228 g/mol. The lowest BCUT2D eigenvalue weighted by atomic mass is 10.2. The molecule has 0 radical (unpaired) electrons. The number of alkyl carbamates (subject to hydrolysis) is 1. The van der Waals surface area contributed by atoms with Crippen LogP contribution in [0, 0.1) is 11.8 Å². The molecule has 2 fully saturated rings. The Morgan fingerprint density at radius 2 is 2.17 bits per heavy atom. The van der Waals surface area contributed by atoms with E-state index in [1.54, 1.807) is 0 Å². The molecule has 1 amide bonds. The number of nitrogens with one attached hydrogen (secondary N) is 2. The molecule has 1 saturated carbocycles. The van der Waals surface area contributed by atoms with Crippen LogP contribution in [0.15, 0.2) is 30.3 Å². The Balaban J connectivity index is 1.43. The second kappa shape index (κ2) is 4.98. The largest absolute Gasteiger partial charge is 0.445 e. The molecule has 0 bridgehead atoms. The molecule has 1 heterocycles. The number of rotatable bonds is 3. The molecule has 96 valence electrons. The van der Waals surface area contributed by atoms with Gasteiger partial charge in [0.25, 0.3) is 0 Å². The fourth-order valence-corrected chi connectivity index (χ4v) is 2.77. The molecular formula is C14H18N2O2. The minimum atomic E-state index is -0.293. The summed E-state index contributed by atoms with van der Waals surface area (Å²) >= 11 is 0. The van der Waals surface area contributed by atoms with Crippen molar-refractivity contribution in [3.63, 3.8) is 0 Å². The van der Waals surface area contributed by atoms with Gasteiger partial charge in [-0.15, -0.1) is 0 Å². The van der Waals surface area contributed by atoms with Gasteiger partial charge in [-0.2, -0.15) is 0 Å². The van der Waals surface area contributed by atoms with Gasteiger partial charge in [0.05, 0.1) is 0 Å². The van der Waals surface area contributed by atoms with E-state index in [1.807, 2.05) is 30.3 Å². The lowest BCUT2D eigenvalue weighted by molar-refractivity contribution is 0.138. The number of hydrogen-bond donors (Lipinski definition) is 2. The summed E-state index contributed by atoms with van der Waals surface area (Å²) in [6.07, 6.45) is 0.868. The van der Waals surface area contributed by atoms with Crippen LogP contribution in [0.2, 0.25) is 0 Å². The van der Waals surface area contributed by atoms with E-state index >= 15 is 0 Å². The third kappa shape index (κ3) is 2.48. The van der Waals surface area contributed by atoms with Crippen molar-refractivity contribution < 1.29 is 9.53 Å². The summed E-state index contributed by atoms with van der Waals surface area (Å²) in [5, 5.41) is 6.31. The van der Waals surface area contributed by atoms with Crippen LogP contribution in [0.4, 0.5) is 4.79 Å². The van der Waals surface area contributed by atoms with E-state index in [1.165, 1.54) is 0 Å². The van der Waals surface area contributed by atoms with Crippen molar-refractivity contribution in [3.8, 4) is 0 Å². The molecule has 1 aromatic carbocycles. The van der Waals surface area contributed by atoms with Crippen LogP contribution < -0.4 is 10.6 Å². The number of ether oxygens (including phenoxy) is 1. The van der Waals surface area contributed by atoms with Crippen LogP contribution in [0.1, 0.15) is 12.0 Å². The number of piperidine rings is 1. The van der Waals surface area contributed by atoms with Crippen molar-refractivity contribution in [1.29, 1.82) is 0 Å². The smallest absolute Gasteiger partial charge is 0.407 e. The minimum absolute atomic E-state index is 0.293. The normalized spacial score (nSPS) is 29.2. The average Bonchev–Trinajstić information content (AvgIpc) is 3.11. The van der Waals surface area contributed by atoms with E-state index in [2.05, 4.69) is 10.6 Å². The number of carbonyl (C=O) groups is 1. The van der Waals surface area contributed by atoms with Gasteiger partial charge < -0.3 is 15.4 Å². The molecule has 0 spiro atoms. The van der Waals surface area contributed by atoms with Crippen LogP contribution in [0.25, 0.3) is 0 Å². The van der Waals surface area contributed by atoms with Gasteiger partial charge in [0.15, 0.2) is 0 Å². The lowest BCUT2D eigenvalue weighted by Gasteiger charge is -2.07. The highest BCUT2D eigenvalue weighted by Crippen LogP contribution is 2.43. The molecule has 2 aliphatic rings. The van der Waals surface area contributed by atoms with Crippen molar-refractivity contribution in [2.45, 2.75) is 19.1 Å². The molecule has 3 rings (SSSR count).